The van der Waals surface area contributed by atoms with E-state index in [0.29, 0.717) is 22.6 Å². The van der Waals surface area contributed by atoms with Crippen LogP contribution in [0.5, 0.6) is 0 Å². The normalized spacial score (nSPS) is 21.2. The Labute approximate surface area is 118 Å². The van der Waals surface area contributed by atoms with Crippen molar-refractivity contribution < 1.29 is 9.84 Å². The molecular formula is C14H18Cl2O2. The first-order valence-corrected chi connectivity index (χ1v) is 7.14. The quantitative estimate of drug-likeness (QED) is 0.892. The minimum atomic E-state index is -0.384. The summed E-state index contributed by atoms with van der Waals surface area (Å²) in [6.07, 6.45) is 4.41. The molecule has 4 heteroatoms. The van der Waals surface area contributed by atoms with Gasteiger partial charge in [0.05, 0.1) is 12.2 Å². The summed E-state index contributed by atoms with van der Waals surface area (Å²) in [5, 5.41) is 11.3. The zero-order chi connectivity index (χ0) is 13.0. The number of aliphatic hydroxyl groups is 1. The topological polar surface area (TPSA) is 29.5 Å². The van der Waals surface area contributed by atoms with Crippen molar-refractivity contribution in [2.75, 3.05) is 6.61 Å². The zero-order valence-corrected chi connectivity index (χ0v) is 11.8. The van der Waals surface area contributed by atoms with Crippen LogP contribution in [0.25, 0.3) is 0 Å². The number of hydrogen-bond acceptors (Lipinski definition) is 2. The predicted molar refractivity (Wildman–Crippen MR) is 74.4 cm³/mol. The fourth-order valence-electron chi connectivity index (χ4n) is 2.31. The average molecular weight is 289 g/mol. The standard InChI is InChI=1S/C14H18Cl2O2/c15-11-3-6-14(16)10(8-11)9-12(17)4-5-13-2-1-7-18-13/h3,6,8,12-13,17H,1-2,4-5,7,9H2. The minimum Gasteiger partial charge on any atom is -0.393 e. The largest absolute Gasteiger partial charge is 0.393 e. The Kier molecular flexibility index (Phi) is 5.31. The summed E-state index contributed by atoms with van der Waals surface area (Å²) in [4.78, 5) is 0. The van der Waals surface area contributed by atoms with Crippen LogP contribution in [-0.2, 0) is 11.2 Å². The van der Waals surface area contributed by atoms with Crippen molar-refractivity contribution in [3.63, 3.8) is 0 Å². The van der Waals surface area contributed by atoms with Gasteiger partial charge >= 0.3 is 0 Å². The van der Waals surface area contributed by atoms with E-state index in [1.165, 1.54) is 0 Å². The van der Waals surface area contributed by atoms with Crippen molar-refractivity contribution in [2.24, 2.45) is 0 Å². The fourth-order valence-corrected chi connectivity index (χ4v) is 2.70. The van der Waals surface area contributed by atoms with Crippen LogP contribution in [-0.4, -0.2) is 23.9 Å². The molecule has 1 fully saturated rings. The van der Waals surface area contributed by atoms with Gasteiger partial charge in [-0.05, 0) is 55.9 Å². The SMILES string of the molecule is OC(CCC1CCCO1)Cc1cc(Cl)ccc1Cl. The van der Waals surface area contributed by atoms with Gasteiger partial charge in [-0.3, -0.25) is 0 Å². The van der Waals surface area contributed by atoms with Crippen molar-refractivity contribution in [1.82, 2.24) is 0 Å². The Hall–Kier alpha value is -0.280. The summed E-state index contributed by atoms with van der Waals surface area (Å²) in [5.74, 6) is 0. The molecule has 18 heavy (non-hydrogen) atoms. The number of hydrogen-bond donors (Lipinski definition) is 1. The molecule has 0 radical (unpaired) electrons. The molecular weight excluding hydrogens is 271 g/mol. The molecule has 0 bridgehead atoms. The molecule has 1 aliphatic rings. The first kappa shape index (κ1) is 14.1. The summed E-state index contributed by atoms with van der Waals surface area (Å²) in [5.41, 5.74) is 0.906. The van der Waals surface area contributed by atoms with Crippen LogP contribution < -0.4 is 0 Å². The van der Waals surface area contributed by atoms with Gasteiger partial charge < -0.3 is 9.84 Å². The zero-order valence-electron chi connectivity index (χ0n) is 10.2. The average Bonchev–Trinajstić information content (AvgIpc) is 2.84. The first-order chi connectivity index (χ1) is 8.65. The monoisotopic (exact) mass is 288 g/mol. The Balaban J connectivity index is 1.82. The van der Waals surface area contributed by atoms with Crippen molar-refractivity contribution in [3.05, 3.63) is 33.8 Å². The van der Waals surface area contributed by atoms with E-state index < -0.39 is 0 Å². The van der Waals surface area contributed by atoms with E-state index in [-0.39, 0.29) is 6.10 Å². The summed E-state index contributed by atoms with van der Waals surface area (Å²) in [7, 11) is 0. The van der Waals surface area contributed by atoms with E-state index in [4.69, 9.17) is 27.9 Å². The molecule has 1 aliphatic heterocycles. The van der Waals surface area contributed by atoms with Crippen LogP contribution >= 0.6 is 23.2 Å². The first-order valence-electron chi connectivity index (χ1n) is 6.39. The smallest absolute Gasteiger partial charge is 0.0582 e. The molecule has 1 aromatic carbocycles. The Morgan fingerprint density at radius 1 is 1.39 bits per heavy atom. The lowest BCUT2D eigenvalue weighted by molar-refractivity contribution is 0.0813. The number of halogens is 2. The van der Waals surface area contributed by atoms with Gasteiger partial charge in [0.15, 0.2) is 0 Å². The maximum Gasteiger partial charge on any atom is 0.0582 e. The highest BCUT2D eigenvalue weighted by molar-refractivity contribution is 6.33. The predicted octanol–water partition coefficient (Wildman–Crippen LogP) is 3.86. The van der Waals surface area contributed by atoms with E-state index in [9.17, 15) is 5.11 Å². The van der Waals surface area contributed by atoms with Crippen LogP contribution in [0, 0.1) is 0 Å². The fraction of sp³-hybridized carbons (Fsp3) is 0.571. The van der Waals surface area contributed by atoms with Gasteiger partial charge in [-0.2, -0.15) is 0 Å². The van der Waals surface area contributed by atoms with E-state index in [1.807, 2.05) is 6.07 Å². The Morgan fingerprint density at radius 2 is 2.22 bits per heavy atom. The summed E-state index contributed by atoms with van der Waals surface area (Å²) >= 11 is 12.0. The lowest BCUT2D eigenvalue weighted by Crippen LogP contribution is -2.15. The molecule has 0 spiro atoms. The third-order valence-corrected chi connectivity index (χ3v) is 3.91. The van der Waals surface area contributed by atoms with E-state index in [1.54, 1.807) is 12.1 Å². The summed E-state index contributed by atoms with van der Waals surface area (Å²) in [6.45, 7) is 0.862. The summed E-state index contributed by atoms with van der Waals surface area (Å²) in [6, 6.07) is 5.34. The highest BCUT2D eigenvalue weighted by Gasteiger charge is 2.17. The molecule has 1 saturated heterocycles. The molecule has 1 aromatic rings. The van der Waals surface area contributed by atoms with Gasteiger partial charge in [0, 0.05) is 16.7 Å². The van der Waals surface area contributed by atoms with Gasteiger partial charge in [-0.1, -0.05) is 23.2 Å². The van der Waals surface area contributed by atoms with Gasteiger partial charge in [0.25, 0.3) is 0 Å². The lowest BCUT2D eigenvalue weighted by atomic mass is 10.0. The van der Waals surface area contributed by atoms with E-state index >= 15 is 0 Å². The second-order valence-electron chi connectivity index (χ2n) is 4.81. The third-order valence-electron chi connectivity index (χ3n) is 3.31. The number of rotatable bonds is 5. The van der Waals surface area contributed by atoms with Crippen LogP contribution in [0.2, 0.25) is 10.0 Å². The molecule has 0 aromatic heterocycles. The highest BCUT2D eigenvalue weighted by atomic mass is 35.5. The van der Waals surface area contributed by atoms with Crippen molar-refractivity contribution in [3.8, 4) is 0 Å². The van der Waals surface area contributed by atoms with Crippen molar-refractivity contribution >= 4 is 23.2 Å². The van der Waals surface area contributed by atoms with E-state index in [0.717, 1.165) is 37.9 Å². The van der Waals surface area contributed by atoms with Gasteiger partial charge in [0.1, 0.15) is 0 Å². The molecule has 0 amide bonds. The summed E-state index contributed by atoms with van der Waals surface area (Å²) < 4.78 is 5.54. The third kappa shape index (κ3) is 4.13. The minimum absolute atomic E-state index is 0.328. The second-order valence-corrected chi connectivity index (χ2v) is 5.65. The highest BCUT2D eigenvalue weighted by Crippen LogP contribution is 2.24. The van der Waals surface area contributed by atoms with E-state index in [2.05, 4.69) is 0 Å². The maximum atomic E-state index is 10.0. The number of benzene rings is 1. The molecule has 2 atom stereocenters. The van der Waals surface area contributed by atoms with Crippen LogP contribution in [0.4, 0.5) is 0 Å². The molecule has 1 N–H and O–H groups in total. The number of ether oxygens (including phenoxy) is 1. The molecule has 2 nitrogen and oxygen atoms in total. The molecule has 100 valence electrons. The molecule has 1 heterocycles. The molecule has 0 saturated carbocycles. The van der Waals surface area contributed by atoms with Gasteiger partial charge in [-0.25, -0.2) is 0 Å². The Bertz CT molecular complexity index is 389. The van der Waals surface area contributed by atoms with Gasteiger partial charge in [0.2, 0.25) is 0 Å². The number of aliphatic hydroxyl groups excluding tert-OH is 1. The molecule has 2 unspecified atom stereocenters. The van der Waals surface area contributed by atoms with Crippen molar-refractivity contribution in [1.29, 1.82) is 0 Å². The maximum absolute atomic E-state index is 10.0. The second kappa shape index (κ2) is 6.76. The van der Waals surface area contributed by atoms with Crippen molar-refractivity contribution in [2.45, 2.75) is 44.3 Å². The lowest BCUT2D eigenvalue weighted by Gasteiger charge is -2.14. The van der Waals surface area contributed by atoms with Crippen LogP contribution in [0.3, 0.4) is 0 Å². The molecule has 2 rings (SSSR count). The molecule has 0 aliphatic carbocycles. The van der Waals surface area contributed by atoms with Crippen LogP contribution in [0.1, 0.15) is 31.2 Å². The van der Waals surface area contributed by atoms with Gasteiger partial charge in [-0.15, -0.1) is 0 Å². The van der Waals surface area contributed by atoms with Crippen LogP contribution in [0.15, 0.2) is 18.2 Å². The Morgan fingerprint density at radius 3 is 2.94 bits per heavy atom.